The Kier molecular flexibility index (Phi) is 6.53. The van der Waals surface area contributed by atoms with E-state index >= 15 is 0 Å². The van der Waals surface area contributed by atoms with Crippen molar-refractivity contribution in [2.45, 2.75) is 57.1 Å². The average Bonchev–Trinajstić information content (AvgIpc) is 2.67. The summed E-state index contributed by atoms with van der Waals surface area (Å²) in [5.41, 5.74) is 10.5. The van der Waals surface area contributed by atoms with Gasteiger partial charge >= 0.3 is 5.97 Å². The molecule has 136 valence electrons. The van der Waals surface area contributed by atoms with Crippen molar-refractivity contribution in [1.82, 2.24) is 0 Å². The van der Waals surface area contributed by atoms with Crippen molar-refractivity contribution in [2.24, 2.45) is 5.11 Å². The van der Waals surface area contributed by atoms with Crippen molar-refractivity contribution in [3.05, 3.63) is 71.3 Å². The predicted octanol–water partition coefficient (Wildman–Crippen LogP) is 5.42. The normalized spacial score (nSPS) is 19.8. The Balaban J connectivity index is 1.44. The Morgan fingerprint density at radius 2 is 1.73 bits per heavy atom. The van der Waals surface area contributed by atoms with Crippen molar-refractivity contribution < 1.29 is 9.53 Å². The second-order valence-corrected chi connectivity index (χ2v) is 7.04. The molecule has 2 aromatic rings. The van der Waals surface area contributed by atoms with Crippen LogP contribution in [0.15, 0.2) is 59.7 Å². The van der Waals surface area contributed by atoms with E-state index in [1.807, 2.05) is 30.3 Å². The summed E-state index contributed by atoms with van der Waals surface area (Å²) in [5, 5.41) is 3.41. The number of rotatable bonds is 8. The summed E-state index contributed by atoms with van der Waals surface area (Å²) >= 11 is 0. The number of carbonyl (C=O) groups is 1. The molecule has 1 aliphatic rings. The summed E-state index contributed by atoms with van der Waals surface area (Å²) in [7, 11) is 0. The van der Waals surface area contributed by atoms with Crippen LogP contribution in [0.2, 0.25) is 0 Å². The molecule has 0 unspecified atom stereocenters. The highest BCUT2D eigenvalue weighted by Gasteiger charge is 2.29. The zero-order valence-electron chi connectivity index (χ0n) is 15.1. The molecule has 3 rings (SSSR count). The fraction of sp³-hybridized carbons (Fsp3) is 0.409. The molecule has 4 heteroatoms. The van der Waals surface area contributed by atoms with Crippen molar-refractivity contribution in [2.75, 3.05) is 0 Å². The van der Waals surface area contributed by atoms with Gasteiger partial charge in [-0.15, -0.1) is 0 Å². The molecule has 1 N–H and O–H groups in total. The SMILES string of the molecule is N=NCc1ccc(CCCC[C@@H]2C[C@@H](c3ccccc3)CC(=O)O2)cc1. The number of benzene rings is 2. The van der Waals surface area contributed by atoms with Gasteiger partial charge in [0.25, 0.3) is 0 Å². The van der Waals surface area contributed by atoms with E-state index in [4.69, 9.17) is 10.3 Å². The molecule has 0 bridgehead atoms. The molecule has 4 nitrogen and oxygen atoms in total. The largest absolute Gasteiger partial charge is 0.462 e. The topological polar surface area (TPSA) is 62.5 Å². The monoisotopic (exact) mass is 350 g/mol. The lowest BCUT2D eigenvalue weighted by atomic mass is 9.87. The minimum Gasteiger partial charge on any atom is -0.462 e. The van der Waals surface area contributed by atoms with E-state index < -0.39 is 0 Å². The number of cyclic esters (lactones) is 1. The molecule has 2 aromatic carbocycles. The molecule has 2 atom stereocenters. The highest BCUT2D eigenvalue weighted by atomic mass is 16.5. The van der Waals surface area contributed by atoms with Gasteiger partial charge in [-0.05, 0) is 54.7 Å². The number of unbranched alkanes of at least 4 members (excludes halogenated alkanes) is 1. The van der Waals surface area contributed by atoms with Crippen LogP contribution in [-0.2, 0) is 22.5 Å². The molecule has 0 spiro atoms. The van der Waals surface area contributed by atoms with E-state index in [0.29, 0.717) is 13.0 Å². The second-order valence-electron chi connectivity index (χ2n) is 7.04. The van der Waals surface area contributed by atoms with Gasteiger partial charge in [0.15, 0.2) is 0 Å². The molecule has 1 aliphatic heterocycles. The van der Waals surface area contributed by atoms with Crippen LogP contribution in [-0.4, -0.2) is 12.1 Å². The molecule has 0 amide bonds. The Morgan fingerprint density at radius 3 is 2.46 bits per heavy atom. The fourth-order valence-corrected chi connectivity index (χ4v) is 3.64. The van der Waals surface area contributed by atoms with Gasteiger partial charge in [-0.1, -0.05) is 54.6 Å². The number of carbonyl (C=O) groups excluding carboxylic acids is 1. The van der Waals surface area contributed by atoms with Gasteiger partial charge in [-0.2, -0.15) is 5.11 Å². The predicted molar refractivity (Wildman–Crippen MR) is 101 cm³/mol. The van der Waals surface area contributed by atoms with Gasteiger partial charge in [0.1, 0.15) is 6.10 Å². The molecule has 1 fully saturated rings. The molecular formula is C22H26N2O2. The Hall–Kier alpha value is -2.49. The second kappa shape index (κ2) is 9.27. The molecule has 26 heavy (non-hydrogen) atoms. The Morgan fingerprint density at radius 1 is 1.00 bits per heavy atom. The first-order chi connectivity index (χ1) is 12.7. The molecule has 1 heterocycles. The van der Waals surface area contributed by atoms with Crippen molar-refractivity contribution in [3.8, 4) is 0 Å². The first-order valence-electron chi connectivity index (χ1n) is 9.40. The Bertz CT molecular complexity index is 713. The zero-order valence-corrected chi connectivity index (χ0v) is 15.1. The first-order valence-corrected chi connectivity index (χ1v) is 9.40. The number of hydrogen-bond acceptors (Lipinski definition) is 4. The minimum atomic E-state index is -0.0644. The third kappa shape index (κ3) is 5.25. The van der Waals surface area contributed by atoms with Gasteiger partial charge in [-0.25, -0.2) is 5.53 Å². The molecule has 1 saturated heterocycles. The van der Waals surface area contributed by atoms with E-state index in [1.165, 1.54) is 11.1 Å². The van der Waals surface area contributed by atoms with E-state index in [2.05, 4.69) is 29.4 Å². The van der Waals surface area contributed by atoms with Gasteiger partial charge in [0.2, 0.25) is 0 Å². The first kappa shape index (κ1) is 18.3. The summed E-state index contributed by atoms with van der Waals surface area (Å²) in [6, 6.07) is 18.6. The fourth-order valence-electron chi connectivity index (χ4n) is 3.64. The lowest BCUT2D eigenvalue weighted by molar-refractivity contribution is -0.155. The lowest BCUT2D eigenvalue weighted by Gasteiger charge is -2.29. The summed E-state index contributed by atoms with van der Waals surface area (Å²) in [6.45, 7) is 0.454. The zero-order chi connectivity index (χ0) is 18.2. The number of nitrogens with zero attached hydrogens (tertiary/aromatic N) is 1. The lowest BCUT2D eigenvalue weighted by Crippen LogP contribution is -2.28. The highest BCUT2D eigenvalue weighted by molar-refractivity contribution is 5.71. The summed E-state index contributed by atoms with van der Waals surface area (Å²) in [5.74, 6) is 0.225. The highest BCUT2D eigenvalue weighted by Crippen LogP contribution is 2.32. The van der Waals surface area contributed by atoms with Crippen LogP contribution in [0.5, 0.6) is 0 Å². The number of hydrogen-bond donors (Lipinski definition) is 1. The summed E-state index contributed by atoms with van der Waals surface area (Å²) in [4.78, 5) is 12.0. The van der Waals surface area contributed by atoms with E-state index in [0.717, 1.165) is 37.7 Å². The van der Waals surface area contributed by atoms with Crippen molar-refractivity contribution >= 4 is 5.97 Å². The summed E-state index contributed by atoms with van der Waals surface area (Å²) < 4.78 is 5.57. The van der Waals surface area contributed by atoms with Crippen molar-refractivity contribution in [3.63, 3.8) is 0 Å². The molecule has 0 radical (unpaired) electrons. The van der Waals surface area contributed by atoms with Crippen molar-refractivity contribution in [1.29, 1.82) is 5.53 Å². The van der Waals surface area contributed by atoms with Gasteiger partial charge < -0.3 is 4.74 Å². The maximum absolute atomic E-state index is 12.0. The van der Waals surface area contributed by atoms with Crippen LogP contribution < -0.4 is 0 Å². The van der Waals surface area contributed by atoms with E-state index in [9.17, 15) is 4.79 Å². The molecule has 0 aliphatic carbocycles. The van der Waals surface area contributed by atoms with E-state index in [1.54, 1.807) is 0 Å². The van der Waals surface area contributed by atoms with Crippen LogP contribution in [0.3, 0.4) is 0 Å². The van der Waals surface area contributed by atoms with Crippen LogP contribution >= 0.6 is 0 Å². The summed E-state index contributed by atoms with van der Waals surface area (Å²) in [6.07, 6.45) is 5.59. The third-order valence-electron chi connectivity index (χ3n) is 5.06. The molecular weight excluding hydrogens is 324 g/mol. The quantitative estimate of drug-likeness (QED) is 0.392. The minimum absolute atomic E-state index is 0.0440. The smallest absolute Gasteiger partial charge is 0.306 e. The van der Waals surface area contributed by atoms with Crippen LogP contribution in [0.25, 0.3) is 0 Å². The molecule has 0 saturated carbocycles. The standard InChI is InChI=1S/C22H26N2O2/c23-24-16-18-12-10-17(11-13-18)6-4-5-9-21-14-20(15-22(25)26-21)19-7-2-1-3-8-19/h1-3,7-8,10-13,20-21,23H,4-6,9,14-16H2/t20-,21-/m1/s1. The van der Waals surface area contributed by atoms with Gasteiger partial charge in [0, 0.05) is 0 Å². The van der Waals surface area contributed by atoms with E-state index in [-0.39, 0.29) is 18.0 Å². The van der Waals surface area contributed by atoms with Gasteiger partial charge in [-0.3, -0.25) is 4.79 Å². The van der Waals surface area contributed by atoms with Crippen LogP contribution in [0.1, 0.15) is 54.7 Å². The number of ether oxygens (including phenoxy) is 1. The number of nitrogens with one attached hydrogen (secondary N) is 1. The number of esters is 1. The van der Waals surface area contributed by atoms with Crippen LogP contribution in [0.4, 0.5) is 0 Å². The maximum Gasteiger partial charge on any atom is 0.306 e. The van der Waals surface area contributed by atoms with Crippen LogP contribution in [0, 0.1) is 5.53 Å². The molecule has 0 aromatic heterocycles. The third-order valence-corrected chi connectivity index (χ3v) is 5.06. The maximum atomic E-state index is 12.0. The van der Waals surface area contributed by atoms with Gasteiger partial charge in [0.05, 0.1) is 13.0 Å². The Labute approximate surface area is 155 Å². The number of aryl methyl sites for hydroxylation is 1. The average molecular weight is 350 g/mol.